The molecule has 2 aromatic heterocycles. The third kappa shape index (κ3) is 11.4. The van der Waals surface area contributed by atoms with Crippen molar-refractivity contribution in [3.63, 3.8) is 0 Å². The molecule has 0 bridgehead atoms. The van der Waals surface area contributed by atoms with Gasteiger partial charge in [-0.2, -0.15) is 0 Å². The third-order valence-corrected chi connectivity index (χ3v) is 9.43. The van der Waals surface area contributed by atoms with Gasteiger partial charge in [0, 0.05) is 28.4 Å². The van der Waals surface area contributed by atoms with Crippen molar-refractivity contribution in [2.24, 2.45) is 14.1 Å². The summed E-state index contributed by atoms with van der Waals surface area (Å²) in [6.45, 7) is 2.90. The highest BCUT2D eigenvalue weighted by Crippen LogP contribution is 2.31. The summed E-state index contributed by atoms with van der Waals surface area (Å²) in [6.07, 6.45) is 0. The first-order valence-corrected chi connectivity index (χ1v) is 19.4. The summed E-state index contributed by atoms with van der Waals surface area (Å²) >= 11 is 2.07. The van der Waals surface area contributed by atoms with Crippen LogP contribution in [0.25, 0.3) is 32.9 Å². The minimum atomic E-state index is -1.34. The molecule has 6 rings (SSSR count). The van der Waals surface area contributed by atoms with Gasteiger partial charge in [0.1, 0.15) is 35.7 Å². The largest absolute Gasteiger partial charge is 0.506 e. The second kappa shape index (κ2) is 21.5. The molecule has 0 aliphatic rings. The van der Waals surface area contributed by atoms with Crippen LogP contribution in [0.4, 0.5) is 0 Å². The summed E-state index contributed by atoms with van der Waals surface area (Å²) in [6, 6.07) is 28.6. The van der Waals surface area contributed by atoms with E-state index in [-0.39, 0.29) is 19.8 Å². The van der Waals surface area contributed by atoms with Gasteiger partial charge in [-0.15, -0.1) is 0 Å². The van der Waals surface area contributed by atoms with Crippen LogP contribution in [0.3, 0.4) is 0 Å². The number of aryl methyl sites for hydroxylation is 2. The van der Waals surface area contributed by atoms with Crippen LogP contribution in [0.15, 0.2) is 107 Å². The van der Waals surface area contributed by atoms with E-state index in [0.29, 0.717) is 27.3 Å². The molecule has 18 heteroatoms. The van der Waals surface area contributed by atoms with E-state index in [4.69, 9.17) is 19.5 Å². The van der Waals surface area contributed by atoms with Crippen LogP contribution < -0.4 is 27.2 Å². The van der Waals surface area contributed by atoms with Gasteiger partial charge in [0.25, 0.3) is 22.9 Å². The van der Waals surface area contributed by atoms with E-state index in [9.17, 15) is 39.0 Å². The molecular formula is C42H42BIN4O12. The van der Waals surface area contributed by atoms with Gasteiger partial charge in [-0.1, -0.05) is 66.7 Å². The summed E-state index contributed by atoms with van der Waals surface area (Å²) in [4.78, 5) is 72.3. The number of fused-ring (bicyclic) bond motifs is 2. The Balaban J connectivity index is 0.000000222. The molecule has 2 heterocycles. The molecular weight excluding hydrogens is 890 g/mol. The highest BCUT2D eigenvalue weighted by Gasteiger charge is 2.23. The standard InChI is InChI=1S/C21H20N2O5.C15H15IN2O5.C6H7BO2/c1-3-28-17(24)12-22-20(26)18-19(25)15-11-14(13-7-5-4-6-8-13)9-10-16(15)23(2)21(18)27;1-3-23-11(19)7-17-14(21)12-13(20)9-6-8(16)4-5-10(9)18(2)15(12)22;8-7(9)6-4-2-1-3-5-6/h4-11,25H,3,12H2,1-2H3,(H,22,26);4-6,20H,3,7H2,1-2H3,(H,17,21);1-5,8-9H. The van der Waals surface area contributed by atoms with Crippen LogP contribution in [-0.4, -0.2) is 86.6 Å². The Labute approximate surface area is 357 Å². The Bertz CT molecular complexity index is 2630. The van der Waals surface area contributed by atoms with Crippen molar-refractivity contribution in [3.8, 4) is 22.6 Å². The molecule has 16 nitrogen and oxygen atoms in total. The van der Waals surface area contributed by atoms with Gasteiger partial charge in [-0.05, 0) is 83.4 Å². The zero-order valence-electron chi connectivity index (χ0n) is 33.0. The SMILES string of the molecule is CCOC(=O)CNC(=O)c1c(O)c2cc(-c3ccccc3)ccc2n(C)c1=O.CCOC(=O)CNC(=O)c1c(O)c2cc(I)ccc2n(C)c1=O.OB(O)c1ccccc1. The maximum Gasteiger partial charge on any atom is 0.488 e. The molecule has 6 N–H and O–H groups in total. The first kappa shape index (κ1) is 46.2. The monoisotopic (exact) mass is 932 g/mol. The number of nitrogens with zero attached hydrogens (tertiary/aromatic N) is 2. The number of aromatic nitrogens is 2. The molecule has 0 aliphatic carbocycles. The van der Waals surface area contributed by atoms with Crippen molar-refractivity contribution < 1.29 is 48.9 Å². The van der Waals surface area contributed by atoms with E-state index >= 15 is 0 Å². The average Bonchev–Trinajstić information content (AvgIpc) is 3.24. The topological polar surface area (TPSA) is 236 Å². The Kier molecular flexibility index (Phi) is 16.5. The molecule has 2 amide bonds. The first-order valence-electron chi connectivity index (χ1n) is 18.3. The zero-order valence-corrected chi connectivity index (χ0v) is 35.1. The van der Waals surface area contributed by atoms with Crippen molar-refractivity contribution in [2.75, 3.05) is 26.3 Å². The third-order valence-electron chi connectivity index (χ3n) is 8.75. The van der Waals surface area contributed by atoms with Crippen LogP contribution >= 0.6 is 22.6 Å². The maximum atomic E-state index is 12.6. The summed E-state index contributed by atoms with van der Waals surface area (Å²) < 4.78 is 12.9. The zero-order chi connectivity index (χ0) is 44.1. The van der Waals surface area contributed by atoms with Crippen molar-refractivity contribution in [1.82, 2.24) is 19.8 Å². The lowest BCUT2D eigenvalue weighted by Crippen LogP contribution is -2.35. The van der Waals surface area contributed by atoms with Crippen molar-refractivity contribution in [1.29, 1.82) is 0 Å². The molecule has 4 aromatic carbocycles. The molecule has 0 saturated carbocycles. The lowest BCUT2D eigenvalue weighted by Gasteiger charge is -2.13. The fourth-order valence-electron chi connectivity index (χ4n) is 5.79. The number of benzene rings is 4. The first-order chi connectivity index (χ1) is 28.6. The maximum absolute atomic E-state index is 12.6. The number of halogens is 1. The highest BCUT2D eigenvalue weighted by atomic mass is 127. The minimum absolute atomic E-state index is 0.181. The second-order valence-electron chi connectivity index (χ2n) is 12.7. The fraction of sp³-hybridized carbons (Fsp3) is 0.190. The molecule has 0 aliphatic heterocycles. The minimum Gasteiger partial charge on any atom is -0.506 e. The van der Waals surface area contributed by atoms with Gasteiger partial charge in [0.15, 0.2) is 0 Å². The Morgan fingerprint density at radius 2 is 1.07 bits per heavy atom. The number of esters is 2. The van der Waals surface area contributed by atoms with E-state index in [2.05, 4.69) is 33.2 Å². The van der Waals surface area contributed by atoms with Crippen LogP contribution in [0, 0.1) is 3.57 Å². The van der Waals surface area contributed by atoms with Gasteiger partial charge < -0.3 is 49.5 Å². The van der Waals surface area contributed by atoms with Crippen LogP contribution in [0.2, 0.25) is 0 Å². The Hall–Kier alpha value is -6.51. The van der Waals surface area contributed by atoms with Gasteiger partial charge in [-0.25, -0.2) is 0 Å². The quantitative estimate of drug-likeness (QED) is 0.0662. The summed E-state index contributed by atoms with van der Waals surface area (Å²) in [5, 5.41) is 43.5. The van der Waals surface area contributed by atoms with Crippen LogP contribution in [0.5, 0.6) is 11.5 Å². The number of amides is 2. The Morgan fingerprint density at radius 3 is 1.50 bits per heavy atom. The summed E-state index contributed by atoms with van der Waals surface area (Å²) in [7, 11) is 1.69. The molecule has 0 spiro atoms. The van der Waals surface area contributed by atoms with E-state index in [1.807, 2.05) is 42.5 Å². The number of ether oxygens (including phenoxy) is 2. The lowest BCUT2D eigenvalue weighted by molar-refractivity contribution is -0.142. The average molecular weight is 933 g/mol. The van der Waals surface area contributed by atoms with Crippen molar-refractivity contribution in [2.45, 2.75) is 13.8 Å². The molecule has 0 atom stereocenters. The summed E-state index contributed by atoms with van der Waals surface area (Å²) in [5.41, 5.74) is 1.19. The molecule has 60 heavy (non-hydrogen) atoms. The second-order valence-corrected chi connectivity index (χ2v) is 13.9. The normalized spacial score (nSPS) is 10.4. The molecule has 0 unspecified atom stereocenters. The van der Waals surface area contributed by atoms with E-state index in [1.165, 1.54) is 23.2 Å². The van der Waals surface area contributed by atoms with Crippen LogP contribution in [0.1, 0.15) is 34.6 Å². The number of hydrogen-bond donors (Lipinski definition) is 6. The van der Waals surface area contributed by atoms with Crippen molar-refractivity contribution in [3.05, 3.63) is 132 Å². The van der Waals surface area contributed by atoms with Crippen molar-refractivity contribution >= 4 is 80.7 Å². The molecule has 6 aromatic rings. The number of carbonyl (C=O) groups excluding carboxylic acids is 4. The number of rotatable bonds is 10. The number of nitrogens with one attached hydrogen (secondary N) is 2. The summed E-state index contributed by atoms with van der Waals surface area (Å²) in [5.74, 6) is -3.72. The van der Waals surface area contributed by atoms with Gasteiger partial charge in [-0.3, -0.25) is 28.8 Å². The van der Waals surface area contributed by atoms with E-state index in [1.54, 1.807) is 68.4 Å². The van der Waals surface area contributed by atoms with Gasteiger partial charge >= 0.3 is 19.1 Å². The van der Waals surface area contributed by atoms with E-state index < -0.39 is 71.2 Å². The molecule has 0 fully saturated rings. The molecule has 0 radical (unpaired) electrons. The Morgan fingerprint density at radius 1 is 0.633 bits per heavy atom. The number of pyridine rings is 2. The lowest BCUT2D eigenvalue weighted by atomic mass is 9.81. The van der Waals surface area contributed by atoms with Crippen LogP contribution in [-0.2, 0) is 33.2 Å². The molecule has 0 saturated heterocycles. The predicted molar refractivity (Wildman–Crippen MR) is 234 cm³/mol. The smallest absolute Gasteiger partial charge is 0.488 e. The van der Waals surface area contributed by atoms with E-state index in [0.717, 1.165) is 14.7 Å². The van der Waals surface area contributed by atoms with Gasteiger partial charge in [0.05, 0.1) is 24.2 Å². The fourth-order valence-corrected chi connectivity index (χ4v) is 6.28. The number of aromatic hydroxyl groups is 2. The number of carbonyl (C=O) groups is 4. The van der Waals surface area contributed by atoms with Gasteiger partial charge in [0.2, 0.25) is 0 Å². The number of hydrogen-bond acceptors (Lipinski definition) is 12. The molecule has 312 valence electrons. The predicted octanol–water partition coefficient (Wildman–Crippen LogP) is 2.71. The highest BCUT2D eigenvalue weighted by molar-refractivity contribution is 14.1.